The monoisotopic (exact) mass is 298 g/mol. The smallest absolute Gasteiger partial charge is 0.0715 e. The van der Waals surface area contributed by atoms with Crippen molar-refractivity contribution < 1.29 is 5.11 Å². The number of pyridine rings is 1. The zero-order valence-electron chi connectivity index (χ0n) is 10.2. The van der Waals surface area contributed by atoms with Gasteiger partial charge in [-0.15, -0.1) is 0 Å². The van der Waals surface area contributed by atoms with E-state index < -0.39 is 5.60 Å². The van der Waals surface area contributed by atoms with Crippen LogP contribution in [0.2, 0.25) is 0 Å². The van der Waals surface area contributed by atoms with E-state index in [-0.39, 0.29) is 0 Å². The third-order valence-electron chi connectivity index (χ3n) is 3.44. The van der Waals surface area contributed by atoms with Crippen LogP contribution in [-0.2, 0) is 6.42 Å². The van der Waals surface area contributed by atoms with Crippen molar-refractivity contribution in [2.24, 2.45) is 0 Å². The fourth-order valence-electron chi connectivity index (χ4n) is 2.34. The van der Waals surface area contributed by atoms with E-state index in [2.05, 4.69) is 32.9 Å². The lowest BCUT2D eigenvalue weighted by Crippen LogP contribution is -2.33. The Labute approximate surface area is 111 Å². The Morgan fingerprint density at radius 2 is 2.24 bits per heavy atom. The van der Waals surface area contributed by atoms with Crippen LogP contribution >= 0.6 is 15.9 Å². The molecule has 1 aromatic heterocycles. The molecular weight excluding hydrogens is 280 g/mol. The van der Waals surface area contributed by atoms with Crippen molar-refractivity contribution in [2.75, 3.05) is 20.1 Å². The molecule has 1 aliphatic heterocycles. The zero-order valence-corrected chi connectivity index (χ0v) is 11.8. The number of aromatic nitrogens is 1. The van der Waals surface area contributed by atoms with E-state index in [0.29, 0.717) is 6.42 Å². The van der Waals surface area contributed by atoms with Crippen molar-refractivity contribution in [2.45, 2.75) is 31.3 Å². The maximum Gasteiger partial charge on any atom is 0.0715 e. The third kappa shape index (κ3) is 3.76. The molecule has 1 saturated heterocycles. The van der Waals surface area contributed by atoms with Crippen LogP contribution in [-0.4, -0.2) is 40.7 Å². The summed E-state index contributed by atoms with van der Waals surface area (Å²) in [7, 11) is 2.11. The fourth-order valence-corrected chi connectivity index (χ4v) is 2.57. The summed E-state index contributed by atoms with van der Waals surface area (Å²) >= 11 is 3.37. The first-order chi connectivity index (χ1) is 8.07. The Morgan fingerprint density at radius 3 is 2.94 bits per heavy atom. The van der Waals surface area contributed by atoms with Gasteiger partial charge in [0.15, 0.2) is 0 Å². The largest absolute Gasteiger partial charge is 0.389 e. The Hall–Kier alpha value is -0.450. The average Bonchev–Trinajstić information content (AvgIpc) is 2.45. The van der Waals surface area contributed by atoms with Gasteiger partial charge in [-0.1, -0.05) is 0 Å². The summed E-state index contributed by atoms with van der Waals surface area (Å²) in [6.45, 7) is 2.04. The topological polar surface area (TPSA) is 36.4 Å². The zero-order chi connectivity index (χ0) is 12.3. The minimum atomic E-state index is -0.578. The lowest BCUT2D eigenvalue weighted by atomic mass is 9.89. The van der Waals surface area contributed by atoms with Gasteiger partial charge in [-0.3, -0.25) is 4.98 Å². The Kier molecular flexibility index (Phi) is 4.17. The van der Waals surface area contributed by atoms with Gasteiger partial charge in [0.1, 0.15) is 0 Å². The second-order valence-electron chi connectivity index (χ2n) is 5.03. The first-order valence-electron chi connectivity index (χ1n) is 6.09. The number of aliphatic hydroxyl groups is 1. The highest BCUT2D eigenvalue weighted by atomic mass is 79.9. The number of rotatable bonds is 2. The predicted octanol–water partition coefficient (Wildman–Crippen LogP) is 2.23. The molecule has 94 valence electrons. The van der Waals surface area contributed by atoms with Crippen LogP contribution in [0.1, 0.15) is 25.0 Å². The molecule has 1 atom stereocenters. The summed E-state index contributed by atoms with van der Waals surface area (Å²) in [6, 6.07) is 3.96. The third-order valence-corrected chi connectivity index (χ3v) is 3.91. The van der Waals surface area contributed by atoms with Crippen LogP contribution in [0.15, 0.2) is 22.8 Å². The second kappa shape index (κ2) is 5.46. The number of hydrogen-bond donors (Lipinski definition) is 1. The lowest BCUT2D eigenvalue weighted by molar-refractivity contribution is 0.0254. The Bertz CT molecular complexity index is 368. The summed E-state index contributed by atoms with van der Waals surface area (Å²) in [5.41, 5.74) is 0.395. The molecule has 0 bridgehead atoms. The molecule has 0 radical (unpaired) electrons. The van der Waals surface area contributed by atoms with Crippen LogP contribution in [0.4, 0.5) is 0 Å². The van der Waals surface area contributed by atoms with Gasteiger partial charge in [-0.25, -0.2) is 0 Å². The molecule has 4 heteroatoms. The SMILES string of the molecule is CN1CCCC(O)(Cc2ccc(Br)cn2)CC1. The van der Waals surface area contributed by atoms with Crippen LogP contribution in [0.3, 0.4) is 0 Å². The van der Waals surface area contributed by atoms with Gasteiger partial charge in [0.2, 0.25) is 0 Å². The van der Waals surface area contributed by atoms with Gasteiger partial charge < -0.3 is 10.0 Å². The summed E-state index contributed by atoms with van der Waals surface area (Å²) < 4.78 is 0.980. The molecule has 0 spiro atoms. The molecular formula is C13H19BrN2O. The maximum atomic E-state index is 10.6. The number of hydrogen-bond acceptors (Lipinski definition) is 3. The molecule has 1 fully saturated rings. The number of halogens is 1. The van der Waals surface area contributed by atoms with Gasteiger partial charge in [-0.05, 0) is 60.9 Å². The first-order valence-corrected chi connectivity index (χ1v) is 6.88. The van der Waals surface area contributed by atoms with Crippen LogP contribution < -0.4 is 0 Å². The minimum Gasteiger partial charge on any atom is -0.389 e. The fraction of sp³-hybridized carbons (Fsp3) is 0.615. The summed E-state index contributed by atoms with van der Waals surface area (Å²) in [6.07, 6.45) is 5.22. The van der Waals surface area contributed by atoms with E-state index >= 15 is 0 Å². The van der Waals surface area contributed by atoms with Crippen molar-refractivity contribution in [3.63, 3.8) is 0 Å². The minimum absolute atomic E-state index is 0.578. The van der Waals surface area contributed by atoms with Gasteiger partial charge in [0, 0.05) is 29.3 Å². The van der Waals surface area contributed by atoms with Crippen molar-refractivity contribution in [3.05, 3.63) is 28.5 Å². The number of likely N-dealkylation sites (tertiary alicyclic amines) is 1. The molecule has 0 amide bonds. The van der Waals surface area contributed by atoms with E-state index in [1.165, 1.54) is 0 Å². The molecule has 1 aliphatic rings. The van der Waals surface area contributed by atoms with Crippen LogP contribution in [0.5, 0.6) is 0 Å². The first kappa shape index (κ1) is 13.0. The van der Waals surface area contributed by atoms with Gasteiger partial charge >= 0.3 is 0 Å². The van der Waals surface area contributed by atoms with E-state index in [0.717, 1.165) is 42.5 Å². The van der Waals surface area contributed by atoms with Gasteiger partial charge in [0.25, 0.3) is 0 Å². The van der Waals surface area contributed by atoms with Crippen molar-refractivity contribution in [3.8, 4) is 0 Å². The van der Waals surface area contributed by atoms with Crippen LogP contribution in [0.25, 0.3) is 0 Å². The molecule has 0 aromatic carbocycles. The molecule has 0 saturated carbocycles. The molecule has 3 nitrogen and oxygen atoms in total. The van der Waals surface area contributed by atoms with Crippen LogP contribution in [0, 0.1) is 0 Å². The van der Waals surface area contributed by atoms with Crippen molar-refractivity contribution >= 4 is 15.9 Å². The predicted molar refractivity (Wildman–Crippen MR) is 71.9 cm³/mol. The lowest BCUT2D eigenvalue weighted by Gasteiger charge is -2.26. The maximum absolute atomic E-state index is 10.6. The molecule has 1 aromatic rings. The van der Waals surface area contributed by atoms with Gasteiger partial charge in [-0.2, -0.15) is 0 Å². The Morgan fingerprint density at radius 1 is 1.41 bits per heavy atom. The highest BCUT2D eigenvalue weighted by Crippen LogP contribution is 2.25. The van der Waals surface area contributed by atoms with E-state index in [9.17, 15) is 5.11 Å². The summed E-state index contributed by atoms with van der Waals surface area (Å²) in [5, 5.41) is 10.6. The van der Waals surface area contributed by atoms with E-state index in [1.54, 1.807) is 6.20 Å². The van der Waals surface area contributed by atoms with Gasteiger partial charge in [0.05, 0.1) is 5.60 Å². The summed E-state index contributed by atoms with van der Waals surface area (Å²) in [4.78, 5) is 6.63. The highest BCUT2D eigenvalue weighted by Gasteiger charge is 2.29. The molecule has 17 heavy (non-hydrogen) atoms. The van der Waals surface area contributed by atoms with Crippen molar-refractivity contribution in [1.29, 1.82) is 0 Å². The normalized spacial score (nSPS) is 26.8. The molecule has 1 unspecified atom stereocenters. The highest BCUT2D eigenvalue weighted by molar-refractivity contribution is 9.10. The molecule has 1 N–H and O–H groups in total. The van der Waals surface area contributed by atoms with E-state index in [1.807, 2.05) is 12.1 Å². The number of nitrogens with zero attached hydrogens (tertiary/aromatic N) is 2. The average molecular weight is 299 g/mol. The Balaban J connectivity index is 2.03. The molecule has 2 heterocycles. The molecule has 2 rings (SSSR count). The second-order valence-corrected chi connectivity index (χ2v) is 5.94. The summed E-state index contributed by atoms with van der Waals surface area (Å²) in [5.74, 6) is 0. The standard InChI is InChI=1S/C13H19BrN2O/c1-16-7-2-5-13(17,6-8-16)9-12-4-3-11(14)10-15-12/h3-4,10,17H,2,5-9H2,1H3. The molecule has 0 aliphatic carbocycles. The van der Waals surface area contributed by atoms with E-state index in [4.69, 9.17) is 0 Å². The quantitative estimate of drug-likeness (QED) is 0.910. The van der Waals surface area contributed by atoms with Crippen molar-refractivity contribution in [1.82, 2.24) is 9.88 Å².